The largest absolute Gasteiger partial charge is 0.497 e. The second kappa shape index (κ2) is 8.73. The van der Waals surface area contributed by atoms with Gasteiger partial charge in [-0.15, -0.1) is 0 Å². The van der Waals surface area contributed by atoms with Crippen molar-refractivity contribution in [2.75, 3.05) is 20.8 Å². The van der Waals surface area contributed by atoms with E-state index in [1.807, 2.05) is 30.3 Å². The predicted octanol–water partition coefficient (Wildman–Crippen LogP) is 3.02. The molecule has 3 rings (SSSR count). The highest BCUT2D eigenvalue weighted by atomic mass is 32.1. The Kier molecular flexibility index (Phi) is 6.13. The molecule has 8 heteroatoms. The number of methoxy groups -OCH3 is 2. The molecule has 0 saturated heterocycles. The highest BCUT2D eigenvalue weighted by Gasteiger charge is 2.18. The molecule has 1 amide bonds. The van der Waals surface area contributed by atoms with E-state index >= 15 is 0 Å². The van der Waals surface area contributed by atoms with Gasteiger partial charge in [0.05, 0.1) is 14.2 Å². The Morgan fingerprint density at radius 2 is 1.96 bits per heavy atom. The molecule has 7 nitrogen and oxygen atoms in total. The summed E-state index contributed by atoms with van der Waals surface area (Å²) in [6.45, 7) is -0.00487. The smallest absolute Gasteiger partial charge is 0.269 e. The van der Waals surface area contributed by atoms with Gasteiger partial charge in [-0.05, 0) is 42.5 Å². The Labute approximate surface area is 167 Å². The third-order valence-corrected chi connectivity index (χ3v) is 4.58. The van der Waals surface area contributed by atoms with Gasteiger partial charge in [-0.3, -0.25) is 9.36 Å². The molecule has 0 saturated carbocycles. The van der Waals surface area contributed by atoms with Crippen LogP contribution in [0.2, 0.25) is 0 Å². The lowest BCUT2D eigenvalue weighted by Gasteiger charge is -2.17. The van der Waals surface area contributed by atoms with Crippen LogP contribution in [-0.2, 0) is 0 Å². The van der Waals surface area contributed by atoms with E-state index in [0.29, 0.717) is 27.5 Å². The third kappa shape index (κ3) is 4.08. The number of rotatable bonds is 7. The zero-order valence-electron chi connectivity index (χ0n) is 15.5. The first-order valence-corrected chi connectivity index (χ1v) is 9.00. The number of ether oxygens (including phenoxy) is 2. The lowest BCUT2D eigenvalue weighted by Crippen LogP contribution is -2.30. The number of benzene rings is 2. The number of carbonyl (C=O) groups excluding carboxylic acids is 1. The maximum Gasteiger partial charge on any atom is 0.269 e. The van der Waals surface area contributed by atoms with Crippen LogP contribution in [0, 0.1) is 4.77 Å². The number of hydrogen-bond acceptors (Lipinski definition) is 5. The van der Waals surface area contributed by atoms with Crippen LogP contribution in [0.25, 0.3) is 5.69 Å². The minimum Gasteiger partial charge on any atom is -0.497 e. The van der Waals surface area contributed by atoms with Gasteiger partial charge in [0.1, 0.15) is 23.3 Å². The molecule has 0 fully saturated rings. The minimum absolute atomic E-state index is 0.00487. The van der Waals surface area contributed by atoms with Crippen LogP contribution < -0.4 is 14.8 Å². The zero-order chi connectivity index (χ0) is 20.1. The second-order valence-electron chi connectivity index (χ2n) is 5.98. The van der Waals surface area contributed by atoms with Crippen molar-refractivity contribution in [1.29, 1.82) is 0 Å². The number of aliphatic hydroxyl groups is 1. The molecule has 0 aliphatic heterocycles. The first-order valence-electron chi connectivity index (χ1n) is 8.59. The van der Waals surface area contributed by atoms with Gasteiger partial charge in [0, 0.05) is 24.0 Å². The van der Waals surface area contributed by atoms with Gasteiger partial charge in [0.15, 0.2) is 4.77 Å². The predicted molar refractivity (Wildman–Crippen MR) is 108 cm³/mol. The average molecular weight is 399 g/mol. The second-order valence-corrected chi connectivity index (χ2v) is 6.37. The van der Waals surface area contributed by atoms with Crippen LogP contribution in [0.4, 0.5) is 0 Å². The van der Waals surface area contributed by atoms with Crippen molar-refractivity contribution < 1.29 is 19.4 Å². The van der Waals surface area contributed by atoms with E-state index in [2.05, 4.69) is 10.3 Å². The molecule has 28 heavy (non-hydrogen) atoms. The molecule has 0 aliphatic rings. The highest BCUT2D eigenvalue weighted by Crippen LogP contribution is 2.29. The number of para-hydroxylation sites is 1. The first-order chi connectivity index (χ1) is 13.5. The van der Waals surface area contributed by atoms with E-state index in [-0.39, 0.29) is 12.5 Å². The lowest BCUT2D eigenvalue weighted by molar-refractivity contribution is 0.0907. The van der Waals surface area contributed by atoms with Crippen LogP contribution >= 0.6 is 12.2 Å². The fourth-order valence-electron chi connectivity index (χ4n) is 2.86. The lowest BCUT2D eigenvalue weighted by atomic mass is 10.1. The number of aliphatic hydroxyl groups excluding tert-OH is 1. The summed E-state index contributed by atoms with van der Waals surface area (Å²) in [5.41, 5.74) is 1.64. The standard InChI is InChI=1S/C20H21N3O4S/c1-26-14-8-9-18(27-2)15(10-14)17(24)12-21-19(25)16-11-22-20(28)23(16)13-6-4-3-5-7-13/h3-11,17,24H,12H2,1-2H3,(H,21,25)(H,22,28). The number of nitrogens with zero attached hydrogens (tertiary/aromatic N) is 1. The van der Waals surface area contributed by atoms with Gasteiger partial charge in [0.25, 0.3) is 5.91 Å². The van der Waals surface area contributed by atoms with Crippen molar-refractivity contribution >= 4 is 18.1 Å². The Morgan fingerprint density at radius 3 is 2.64 bits per heavy atom. The van der Waals surface area contributed by atoms with Crippen LogP contribution in [0.15, 0.2) is 54.7 Å². The van der Waals surface area contributed by atoms with Crippen LogP contribution in [0.3, 0.4) is 0 Å². The molecule has 146 valence electrons. The quantitative estimate of drug-likeness (QED) is 0.532. The number of aromatic amines is 1. The molecule has 3 N–H and O–H groups in total. The van der Waals surface area contributed by atoms with Crippen molar-refractivity contribution in [3.63, 3.8) is 0 Å². The molecular weight excluding hydrogens is 378 g/mol. The summed E-state index contributed by atoms with van der Waals surface area (Å²) in [5, 5.41) is 13.3. The topological polar surface area (TPSA) is 88.5 Å². The molecule has 0 aliphatic carbocycles. The van der Waals surface area contributed by atoms with Gasteiger partial charge in [0.2, 0.25) is 0 Å². The number of amides is 1. The molecular formula is C20H21N3O4S. The first kappa shape index (κ1) is 19.7. The number of H-pyrrole nitrogens is 1. The van der Waals surface area contributed by atoms with Gasteiger partial charge in [-0.25, -0.2) is 0 Å². The summed E-state index contributed by atoms with van der Waals surface area (Å²) in [6.07, 6.45) is 0.574. The van der Waals surface area contributed by atoms with Crippen molar-refractivity contribution in [2.24, 2.45) is 0 Å². The normalized spacial score (nSPS) is 11.7. The molecule has 0 bridgehead atoms. The molecule has 0 spiro atoms. The van der Waals surface area contributed by atoms with Crippen molar-refractivity contribution in [3.8, 4) is 17.2 Å². The summed E-state index contributed by atoms with van der Waals surface area (Å²) in [4.78, 5) is 15.6. The molecule has 1 aromatic heterocycles. The maximum atomic E-state index is 12.7. The van der Waals surface area contributed by atoms with E-state index < -0.39 is 6.10 Å². The van der Waals surface area contributed by atoms with E-state index in [1.165, 1.54) is 7.11 Å². The SMILES string of the molecule is COc1ccc(OC)c(C(O)CNC(=O)c2c[nH]c(=S)n2-c2ccccc2)c1. The van der Waals surface area contributed by atoms with Crippen molar-refractivity contribution in [2.45, 2.75) is 6.10 Å². The van der Waals surface area contributed by atoms with Gasteiger partial charge >= 0.3 is 0 Å². The Hall–Kier alpha value is -3.10. The fraction of sp³-hybridized carbons (Fsp3) is 0.200. The van der Waals surface area contributed by atoms with Crippen molar-refractivity contribution in [3.05, 3.63) is 70.8 Å². The van der Waals surface area contributed by atoms with Crippen LogP contribution in [0.1, 0.15) is 22.2 Å². The van der Waals surface area contributed by atoms with E-state index in [9.17, 15) is 9.90 Å². The third-order valence-electron chi connectivity index (χ3n) is 4.28. The number of aromatic nitrogens is 2. The monoisotopic (exact) mass is 399 g/mol. The average Bonchev–Trinajstić information content (AvgIpc) is 3.13. The summed E-state index contributed by atoms with van der Waals surface area (Å²) < 4.78 is 12.5. The number of carbonyl (C=O) groups is 1. The molecule has 1 heterocycles. The van der Waals surface area contributed by atoms with Crippen LogP contribution in [0.5, 0.6) is 11.5 Å². The molecule has 3 aromatic rings. The summed E-state index contributed by atoms with van der Waals surface area (Å²) in [7, 11) is 3.06. The number of hydrogen-bond donors (Lipinski definition) is 3. The molecule has 1 atom stereocenters. The summed E-state index contributed by atoms with van der Waals surface area (Å²) in [6, 6.07) is 14.5. The van der Waals surface area contributed by atoms with Crippen molar-refractivity contribution in [1.82, 2.24) is 14.9 Å². The fourth-order valence-corrected chi connectivity index (χ4v) is 3.12. The molecule has 1 unspecified atom stereocenters. The van der Waals surface area contributed by atoms with Gasteiger partial charge in [-0.1, -0.05) is 18.2 Å². The summed E-state index contributed by atoms with van der Waals surface area (Å²) in [5.74, 6) is 0.734. The van der Waals surface area contributed by atoms with Crippen LogP contribution in [-0.4, -0.2) is 41.3 Å². The zero-order valence-corrected chi connectivity index (χ0v) is 16.3. The van der Waals surface area contributed by atoms with E-state index in [1.54, 1.807) is 36.1 Å². The Balaban J connectivity index is 1.78. The molecule has 2 aromatic carbocycles. The Morgan fingerprint density at radius 1 is 1.21 bits per heavy atom. The highest BCUT2D eigenvalue weighted by molar-refractivity contribution is 7.71. The minimum atomic E-state index is -0.971. The number of nitrogens with one attached hydrogen (secondary N) is 2. The van der Waals surface area contributed by atoms with Gasteiger partial charge < -0.3 is 24.9 Å². The van der Waals surface area contributed by atoms with E-state index in [4.69, 9.17) is 21.7 Å². The van der Waals surface area contributed by atoms with Gasteiger partial charge in [-0.2, -0.15) is 0 Å². The maximum absolute atomic E-state index is 12.7. The van der Waals surface area contributed by atoms with E-state index in [0.717, 1.165) is 5.69 Å². The molecule has 0 radical (unpaired) electrons. The Bertz CT molecular complexity index is 1010. The summed E-state index contributed by atoms with van der Waals surface area (Å²) >= 11 is 5.29. The number of imidazole rings is 1.